The molecule has 132 valence electrons. The normalized spacial score (nSPS) is 26.3. The van der Waals surface area contributed by atoms with Crippen molar-refractivity contribution in [2.75, 3.05) is 31.1 Å². The van der Waals surface area contributed by atoms with Gasteiger partial charge in [-0.1, -0.05) is 37.3 Å². The molecule has 24 heavy (non-hydrogen) atoms. The first-order valence-electron chi connectivity index (χ1n) is 8.78. The fraction of sp³-hybridized carbons (Fsp3) is 0.611. The molecule has 2 saturated heterocycles. The second-order valence-corrected chi connectivity index (χ2v) is 8.97. The van der Waals surface area contributed by atoms with E-state index in [9.17, 15) is 13.2 Å². The van der Waals surface area contributed by atoms with Crippen LogP contribution in [0.2, 0.25) is 0 Å². The number of aryl methyl sites for hydroxylation is 1. The summed E-state index contributed by atoms with van der Waals surface area (Å²) in [6.45, 7) is 4.44. The van der Waals surface area contributed by atoms with Gasteiger partial charge >= 0.3 is 0 Å². The summed E-state index contributed by atoms with van der Waals surface area (Å²) in [7, 11) is -3.05. The Labute approximate surface area is 144 Å². The summed E-state index contributed by atoms with van der Waals surface area (Å²) in [5, 5.41) is 0. The van der Waals surface area contributed by atoms with Crippen LogP contribution in [0.25, 0.3) is 0 Å². The summed E-state index contributed by atoms with van der Waals surface area (Å²) in [5.41, 5.74) is 1.14. The molecule has 0 N–H and O–H groups in total. The van der Waals surface area contributed by atoms with E-state index in [1.807, 2.05) is 35.2 Å². The van der Waals surface area contributed by atoms with Crippen LogP contribution in [0.3, 0.4) is 0 Å². The number of fused-ring (bicyclic) bond motifs is 1. The van der Waals surface area contributed by atoms with E-state index in [4.69, 9.17) is 0 Å². The Kier molecular flexibility index (Phi) is 5.25. The zero-order valence-corrected chi connectivity index (χ0v) is 15.0. The highest BCUT2D eigenvalue weighted by Crippen LogP contribution is 2.27. The average Bonchev–Trinajstić information content (AvgIpc) is 2.89. The van der Waals surface area contributed by atoms with Gasteiger partial charge in [-0.2, -0.15) is 0 Å². The van der Waals surface area contributed by atoms with E-state index in [-0.39, 0.29) is 29.5 Å². The zero-order valence-electron chi connectivity index (χ0n) is 14.2. The lowest BCUT2D eigenvalue weighted by Gasteiger charge is -2.44. The SMILES string of the molecule is CCCN1CCN(C(=O)CCc2ccccc2)C2CS(=O)(=O)CC21. The average molecular weight is 350 g/mol. The lowest BCUT2D eigenvalue weighted by Crippen LogP contribution is -2.60. The van der Waals surface area contributed by atoms with E-state index in [2.05, 4.69) is 11.8 Å². The van der Waals surface area contributed by atoms with E-state index >= 15 is 0 Å². The molecule has 0 radical (unpaired) electrons. The summed E-state index contributed by atoms with van der Waals surface area (Å²) in [5.74, 6) is 0.400. The lowest BCUT2D eigenvalue weighted by molar-refractivity contribution is -0.136. The smallest absolute Gasteiger partial charge is 0.223 e. The standard InChI is InChI=1S/C18H26N2O3S/c1-2-10-19-11-12-20(17-14-24(22,23)13-16(17)19)18(21)9-8-15-6-4-3-5-7-15/h3-7,16-17H,2,8-14H2,1H3. The molecule has 5 nitrogen and oxygen atoms in total. The van der Waals surface area contributed by atoms with Crippen LogP contribution >= 0.6 is 0 Å². The van der Waals surface area contributed by atoms with Crippen LogP contribution in [0, 0.1) is 0 Å². The third kappa shape index (κ3) is 3.81. The number of hydrogen-bond donors (Lipinski definition) is 0. The molecule has 0 aliphatic carbocycles. The monoisotopic (exact) mass is 350 g/mol. The molecule has 0 spiro atoms. The molecule has 0 aromatic heterocycles. The molecule has 2 unspecified atom stereocenters. The molecular formula is C18H26N2O3S. The topological polar surface area (TPSA) is 57.7 Å². The van der Waals surface area contributed by atoms with Crippen molar-refractivity contribution in [2.45, 2.75) is 38.3 Å². The van der Waals surface area contributed by atoms with Gasteiger partial charge < -0.3 is 4.90 Å². The zero-order chi connectivity index (χ0) is 17.2. The molecule has 2 atom stereocenters. The molecule has 2 fully saturated rings. The first kappa shape index (κ1) is 17.4. The maximum atomic E-state index is 12.7. The van der Waals surface area contributed by atoms with E-state index in [0.29, 0.717) is 19.4 Å². The number of benzene rings is 1. The van der Waals surface area contributed by atoms with E-state index in [1.165, 1.54) is 0 Å². The van der Waals surface area contributed by atoms with E-state index < -0.39 is 9.84 Å². The van der Waals surface area contributed by atoms with Crippen LogP contribution < -0.4 is 0 Å². The minimum atomic E-state index is -3.05. The molecule has 1 aromatic rings. The molecule has 0 bridgehead atoms. The Morgan fingerprint density at radius 2 is 1.83 bits per heavy atom. The van der Waals surface area contributed by atoms with E-state index in [1.54, 1.807) is 0 Å². The highest BCUT2D eigenvalue weighted by atomic mass is 32.2. The fourth-order valence-corrected chi connectivity index (χ4v) is 5.95. The van der Waals surface area contributed by atoms with Crippen molar-refractivity contribution in [3.8, 4) is 0 Å². The summed E-state index contributed by atoms with van der Waals surface area (Å²) in [6.07, 6.45) is 2.16. The number of sulfone groups is 1. The van der Waals surface area contributed by atoms with Gasteiger partial charge in [-0.25, -0.2) is 8.42 Å². The third-order valence-electron chi connectivity index (χ3n) is 5.09. The van der Waals surface area contributed by atoms with Gasteiger partial charge in [0.25, 0.3) is 0 Å². The van der Waals surface area contributed by atoms with Crippen molar-refractivity contribution in [1.29, 1.82) is 0 Å². The summed E-state index contributed by atoms with van der Waals surface area (Å²) >= 11 is 0. The minimum absolute atomic E-state index is 0.0237. The Hall–Kier alpha value is -1.40. The summed E-state index contributed by atoms with van der Waals surface area (Å²) in [4.78, 5) is 16.8. The largest absolute Gasteiger partial charge is 0.336 e. The molecule has 1 aromatic carbocycles. The quantitative estimate of drug-likeness (QED) is 0.804. The molecule has 6 heteroatoms. The lowest BCUT2D eigenvalue weighted by atomic mass is 10.0. The molecule has 3 rings (SSSR count). The van der Waals surface area contributed by atoms with Crippen LogP contribution in [0.1, 0.15) is 25.3 Å². The highest BCUT2D eigenvalue weighted by molar-refractivity contribution is 7.91. The number of amides is 1. The van der Waals surface area contributed by atoms with Gasteiger partial charge in [0, 0.05) is 25.6 Å². The first-order valence-corrected chi connectivity index (χ1v) is 10.6. The number of carbonyl (C=O) groups excluding carboxylic acids is 1. The fourth-order valence-electron chi connectivity index (χ4n) is 3.94. The van der Waals surface area contributed by atoms with Gasteiger partial charge in [0.05, 0.1) is 17.5 Å². The number of carbonyl (C=O) groups is 1. The first-order chi connectivity index (χ1) is 11.5. The summed E-state index contributed by atoms with van der Waals surface area (Å²) < 4.78 is 24.3. The Bertz CT molecular complexity index is 675. The van der Waals surface area contributed by atoms with Crippen LogP contribution in [-0.4, -0.2) is 67.3 Å². The van der Waals surface area contributed by atoms with Crippen molar-refractivity contribution in [3.63, 3.8) is 0 Å². The third-order valence-corrected chi connectivity index (χ3v) is 6.79. The second-order valence-electron chi connectivity index (χ2n) is 6.82. The maximum Gasteiger partial charge on any atom is 0.223 e. The van der Waals surface area contributed by atoms with Crippen molar-refractivity contribution < 1.29 is 13.2 Å². The minimum Gasteiger partial charge on any atom is -0.336 e. The molecule has 2 aliphatic rings. The van der Waals surface area contributed by atoms with Crippen LogP contribution in [0.5, 0.6) is 0 Å². The predicted molar refractivity (Wildman–Crippen MR) is 94.6 cm³/mol. The van der Waals surface area contributed by atoms with Crippen molar-refractivity contribution >= 4 is 15.7 Å². The Morgan fingerprint density at radius 3 is 2.54 bits per heavy atom. The second kappa shape index (κ2) is 7.23. The molecule has 1 amide bonds. The van der Waals surface area contributed by atoms with E-state index in [0.717, 1.165) is 25.1 Å². The van der Waals surface area contributed by atoms with Gasteiger partial charge in [-0.15, -0.1) is 0 Å². The maximum absolute atomic E-state index is 12.7. The summed E-state index contributed by atoms with van der Waals surface area (Å²) in [6, 6.07) is 9.77. The number of piperazine rings is 1. The van der Waals surface area contributed by atoms with Gasteiger partial charge in [-0.05, 0) is 24.9 Å². The number of rotatable bonds is 5. The van der Waals surface area contributed by atoms with Gasteiger partial charge in [-0.3, -0.25) is 9.69 Å². The molecule has 2 heterocycles. The van der Waals surface area contributed by atoms with Crippen molar-refractivity contribution in [3.05, 3.63) is 35.9 Å². The van der Waals surface area contributed by atoms with Crippen molar-refractivity contribution in [1.82, 2.24) is 9.80 Å². The number of nitrogens with zero attached hydrogens (tertiary/aromatic N) is 2. The number of hydrogen-bond acceptors (Lipinski definition) is 4. The molecule has 0 saturated carbocycles. The van der Waals surface area contributed by atoms with Crippen LogP contribution in [0.15, 0.2) is 30.3 Å². The highest BCUT2D eigenvalue weighted by Gasteiger charge is 2.47. The Balaban J connectivity index is 1.68. The van der Waals surface area contributed by atoms with Gasteiger partial charge in [0.15, 0.2) is 9.84 Å². The van der Waals surface area contributed by atoms with Gasteiger partial charge in [0.1, 0.15) is 0 Å². The Morgan fingerprint density at radius 1 is 1.12 bits per heavy atom. The van der Waals surface area contributed by atoms with Crippen LogP contribution in [-0.2, 0) is 21.1 Å². The van der Waals surface area contributed by atoms with Crippen LogP contribution in [0.4, 0.5) is 0 Å². The molecular weight excluding hydrogens is 324 g/mol. The van der Waals surface area contributed by atoms with Crippen molar-refractivity contribution in [2.24, 2.45) is 0 Å². The molecule has 2 aliphatic heterocycles. The predicted octanol–water partition coefficient (Wildman–Crippen LogP) is 1.34. The van der Waals surface area contributed by atoms with Gasteiger partial charge in [0.2, 0.25) is 5.91 Å².